The highest BCUT2D eigenvalue weighted by molar-refractivity contribution is 5.99. The van der Waals surface area contributed by atoms with E-state index in [4.69, 9.17) is 9.73 Å². The van der Waals surface area contributed by atoms with Gasteiger partial charge in [0.25, 0.3) is 0 Å². The van der Waals surface area contributed by atoms with Gasteiger partial charge in [-0.3, -0.25) is 9.48 Å². The predicted molar refractivity (Wildman–Crippen MR) is 146 cm³/mol. The molecule has 31 heavy (non-hydrogen) atoms. The van der Waals surface area contributed by atoms with E-state index < -0.39 is 0 Å². The first-order chi connectivity index (χ1) is 14.6. The van der Waals surface area contributed by atoms with Crippen molar-refractivity contribution in [3.63, 3.8) is 0 Å². The summed E-state index contributed by atoms with van der Waals surface area (Å²) in [5.41, 5.74) is 4.19. The molecule has 0 fully saturated rings. The van der Waals surface area contributed by atoms with E-state index in [2.05, 4.69) is 45.4 Å². The van der Waals surface area contributed by atoms with E-state index in [-0.39, 0.29) is 0 Å². The van der Waals surface area contributed by atoms with Gasteiger partial charge in [0.15, 0.2) is 0 Å². The van der Waals surface area contributed by atoms with Crippen LogP contribution in [0.15, 0.2) is 46.1 Å². The normalized spacial score (nSPS) is 11.8. The van der Waals surface area contributed by atoms with Gasteiger partial charge in [-0.15, -0.1) is 0 Å². The molecule has 0 radical (unpaired) electrons. The van der Waals surface area contributed by atoms with Crippen molar-refractivity contribution in [3.05, 3.63) is 36.1 Å². The molecule has 0 aromatic carbocycles. The number of amidine groups is 1. The second-order valence-electron chi connectivity index (χ2n) is 7.28. The number of quaternary nitrogens is 1. The highest BCUT2D eigenvalue weighted by Gasteiger charge is 2.19. The summed E-state index contributed by atoms with van der Waals surface area (Å²) in [6.45, 7) is 27.5. The van der Waals surface area contributed by atoms with E-state index >= 15 is 0 Å². The number of allylic oxidation sites excluding steroid dienone is 3. The Hall–Kier alpha value is -1.52. The minimum absolute atomic E-state index is 0.680. The maximum absolute atomic E-state index is 5.71. The lowest BCUT2D eigenvalue weighted by Gasteiger charge is -2.25. The van der Waals surface area contributed by atoms with Gasteiger partial charge in [0.2, 0.25) is 5.84 Å². The molecule has 0 aromatic heterocycles. The molecule has 0 spiro atoms. The maximum Gasteiger partial charge on any atom is 0.229 e. The average Bonchev–Trinajstić information content (AvgIpc) is 2.75. The number of aliphatic imine (C=N–C) groups is 2. The van der Waals surface area contributed by atoms with E-state index in [0.29, 0.717) is 11.1 Å². The third-order valence-corrected chi connectivity index (χ3v) is 3.82. The van der Waals surface area contributed by atoms with Crippen molar-refractivity contribution >= 4 is 11.5 Å². The Morgan fingerprint density at radius 3 is 1.71 bits per heavy atom. The van der Waals surface area contributed by atoms with Crippen molar-refractivity contribution in [2.24, 2.45) is 9.98 Å². The lowest BCUT2D eigenvalue weighted by molar-refractivity contribution is -0.776. The van der Waals surface area contributed by atoms with Crippen molar-refractivity contribution in [1.29, 1.82) is 0 Å². The molecule has 0 saturated carbocycles. The molecule has 184 valence electrons. The summed E-state index contributed by atoms with van der Waals surface area (Å²) in [5, 5.41) is 0. The highest BCUT2D eigenvalue weighted by Crippen LogP contribution is 2.14. The number of hydrogen-bond acceptors (Lipinski definition) is 3. The van der Waals surface area contributed by atoms with E-state index in [9.17, 15) is 0 Å². The molecule has 0 saturated heterocycles. The van der Waals surface area contributed by atoms with Crippen LogP contribution in [0.5, 0.6) is 0 Å². The van der Waals surface area contributed by atoms with E-state index in [1.807, 2.05) is 62.3 Å². The van der Waals surface area contributed by atoms with Crippen LogP contribution in [-0.2, 0) is 4.74 Å². The second kappa shape index (κ2) is 24.7. The smallest absolute Gasteiger partial charge is 0.229 e. The Morgan fingerprint density at radius 2 is 1.35 bits per heavy atom. The van der Waals surface area contributed by atoms with Gasteiger partial charge in [0, 0.05) is 37.1 Å². The molecule has 0 heterocycles. The molecule has 4 heteroatoms. The molecule has 0 aliphatic carbocycles. The van der Waals surface area contributed by atoms with Crippen molar-refractivity contribution in [2.75, 3.05) is 41.4 Å². The first-order valence-electron chi connectivity index (χ1n) is 12.0. The van der Waals surface area contributed by atoms with Gasteiger partial charge in [-0.25, -0.2) is 4.99 Å². The first kappa shape index (κ1) is 36.8. The number of hydrogen-bond donors (Lipinski definition) is 0. The molecular formula is C27H56N3O+. The van der Waals surface area contributed by atoms with Crippen LogP contribution in [0.1, 0.15) is 88.0 Å². The summed E-state index contributed by atoms with van der Waals surface area (Å²) in [5.74, 6) is 1.02. The van der Waals surface area contributed by atoms with Gasteiger partial charge >= 0.3 is 0 Å². The average molecular weight is 439 g/mol. The number of rotatable bonds is 11. The van der Waals surface area contributed by atoms with Crippen molar-refractivity contribution in [1.82, 2.24) is 0 Å². The number of nitrogens with zero attached hydrogens (tertiary/aromatic N) is 3. The molecule has 0 atom stereocenters. The molecule has 0 amide bonds. The predicted octanol–water partition coefficient (Wildman–Crippen LogP) is 7.87. The molecule has 0 N–H and O–H groups in total. The summed E-state index contributed by atoms with van der Waals surface area (Å²) < 4.78 is 6.39. The van der Waals surface area contributed by atoms with Crippen molar-refractivity contribution < 1.29 is 9.22 Å². The molecule has 0 aliphatic rings. The summed E-state index contributed by atoms with van der Waals surface area (Å²) >= 11 is 0. The van der Waals surface area contributed by atoms with Gasteiger partial charge in [0.1, 0.15) is 0 Å². The molecule has 0 unspecified atom stereocenters. The largest absolute Gasteiger partial charge is 0.381 e. The van der Waals surface area contributed by atoms with Crippen LogP contribution in [0.2, 0.25) is 0 Å². The van der Waals surface area contributed by atoms with Crippen LogP contribution in [0, 0.1) is 0 Å². The summed E-state index contributed by atoms with van der Waals surface area (Å²) in [6, 6.07) is 0. The van der Waals surface area contributed by atoms with E-state index in [1.54, 1.807) is 7.05 Å². The van der Waals surface area contributed by atoms with E-state index in [0.717, 1.165) is 60.7 Å². The van der Waals surface area contributed by atoms with Crippen LogP contribution in [0.4, 0.5) is 0 Å². The Kier molecular flexibility index (Phi) is 29.4. The number of ether oxygens (including phenoxy) is 1. The van der Waals surface area contributed by atoms with Gasteiger partial charge in [0.05, 0.1) is 27.7 Å². The molecule has 0 aliphatic heterocycles. The Balaban J connectivity index is -0.000000554. The van der Waals surface area contributed by atoms with Gasteiger partial charge in [-0.05, 0) is 45.6 Å². The van der Waals surface area contributed by atoms with Crippen LogP contribution >= 0.6 is 0 Å². The third-order valence-electron chi connectivity index (χ3n) is 3.82. The minimum atomic E-state index is 0.680. The van der Waals surface area contributed by atoms with Crippen LogP contribution < -0.4 is 0 Å². The topological polar surface area (TPSA) is 34.0 Å². The summed E-state index contributed by atoms with van der Waals surface area (Å²) in [6.07, 6.45) is 5.99. The fourth-order valence-electron chi connectivity index (χ4n) is 2.52. The molecule has 0 rings (SSSR count). The van der Waals surface area contributed by atoms with Crippen LogP contribution in [0.25, 0.3) is 0 Å². The molecule has 0 bridgehead atoms. The van der Waals surface area contributed by atoms with Crippen LogP contribution in [-0.4, -0.2) is 57.4 Å². The Morgan fingerprint density at radius 1 is 0.839 bits per heavy atom. The van der Waals surface area contributed by atoms with Gasteiger partial charge in [-0.1, -0.05) is 60.8 Å². The second-order valence-corrected chi connectivity index (χ2v) is 7.28. The monoisotopic (exact) mass is 438 g/mol. The van der Waals surface area contributed by atoms with Crippen molar-refractivity contribution in [3.8, 4) is 0 Å². The first-order valence-corrected chi connectivity index (χ1v) is 12.0. The number of likely N-dealkylation sites (N-methyl/N-ethyl adjacent to an activating group) is 1. The SMILES string of the molecule is C=C(C)C(CCOCCCC/C(=C/C)N=C(C(=C)C)[N+](C)(C)C)=NC.CC.CC.CC. The highest BCUT2D eigenvalue weighted by atomic mass is 16.5. The molecular weight excluding hydrogens is 382 g/mol. The van der Waals surface area contributed by atoms with Gasteiger partial charge in [-0.2, -0.15) is 0 Å². The van der Waals surface area contributed by atoms with Crippen molar-refractivity contribution in [2.45, 2.75) is 88.0 Å². The third kappa shape index (κ3) is 21.5. The zero-order chi connectivity index (χ0) is 25.5. The quantitative estimate of drug-likeness (QED) is 0.140. The maximum atomic E-state index is 5.71. The summed E-state index contributed by atoms with van der Waals surface area (Å²) in [7, 11) is 8.16. The molecule has 4 nitrogen and oxygen atoms in total. The zero-order valence-corrected chi connectivity index (χ0v) is 23.5. The number of unbranched alkanes of at least 4 members (excludes halogenated alkanes) is 1. The fourth-order valence-corrected chi connectivity index (χ4v) is 2.52. The molecule has 0 aromatic rings. The minimum Gasteiger partial charge on any atom is -0.381 e. The summed E-state index contributed by atoms with van der Waals surface area (Å²) in [4.78, 5) is 9.06. The Bertz CT molecular complexity index is 535. The Labute approximate surface area is 196 Å². The van der Waals surface area contributed by atoms with E-state index in [1.165, 1.54) is 0 Å². The zero-order valence-electron chi connectivity index (χ0n) is 23.5. The lowest BCUT2D eigenvalue weighted by atomic mass is 10.1. The van der Waals surface area contributed by atoms with Gasteiger partial charge < -0.3 is 4.74 Å². The standard InChI is InChI=1S/C21H38N3O.3C2H6/c1-10-19(23-21(18(4)5)24(7,8)9)13-11-12-15-25-16-14-20(22-6)17(2)3;3*1-2/h10H,2,4,11-16H2,1,3,5-9H3;3*1-2H3/q+1;;;/b19-10-,22-20?,23-21?;;;. The van der Waals surface area contributed by atoms with Crippen LogP contribution in [0.3, 0.4) is 0 Å². The fraction of sp³-hybridized carbons (Fsp3) is 0.704. The lowest BCUT2D eigenvalue weighted by Crippen LogP contribution is -2.41.